The van der Waals surface area contributed by atoms with E-state index in [0.29, 0.717) is 23.7 Å². The third-order valence-electron chi connectivity index (χ3n) is 3.84. The summed E-state index contributed by atoms with van der Waals surface area (Å²) < 4.78 is 10.3. The quantitative estimate of drug-likeness (QED) is 0.565. The van der Waals surface area contributed by atoms with Crippen LogP contribution >= 0.6 is 0 Å². The van der Waals surface area contributed by atoms with Crippen LogP contribution in [0.1, 0.15) is 26.7 Å². The minimum Gasteiger partial charge on any atom is -0.493 e. The lowest BCUT2D eigenvalue weighted by atomic mass is 9.92. The molecule has 0 spiro atoms. The van der Waals surface area contributed by atoms with Crippen LogP contribution in [-0.4, -0.2) is 31.2 Å². The number of rotatable bonds is 8. The molecular formula is C14H23N3O4. The van der Waals surface area contributed by atoms with Crippen LogP contribution in [0.2, 0.25) is 0 Å². The van der Waals surface area contributed by atoms with Gasteiger partial charge in [-0.05, 0) is 12.8 Å². The Balaban J connectivity index is 3.36. The molecule has 1 aromatic rings. The first-order valence-corrected chi connectivity index (χ1v) is 6.85. The molecule has 0 aromatic heterocycles. The standard InChI is InChI=1S/C14H23N3O4/c1-5-14(6-2,9-15)16-10-7-12(20-3)13(21-4)8-11(10)17(18)19/h7-8,16H,5-6,9,15H2,1-4H3. The Morgan fingerprint density at radius 2 is 1.76 bits per heavy atom. The van der Waals surface area contributed by atoms with Gasteiger partial charge >= 0.3 is 0 Å². The molecule has 7 heteroatoms. The third-order valence-corrected chi connectivity index (χ3v) is 3.84. The molecule has 7 nitrogen and oxygen atoms in total. The van der Waals surface area contributed by atoms with Crippen molar-refractivity contribution in [1.29, 1.82) is 0 Å². The van der Waals surface area contributed by atoms with Crippen molar-refractivity contribution in [3.63, 3.8) is 0 Å². The van der Waals surface area contributed by atoms with Crippen LogP contribution in [0.5, 0.6) is 11.5 Å². The fraction of sp³-hybridized carbons (Fsp3) is 0.571. The van der Waals surface area contributed by atoms with Crippen LogP contribution in [-0.2, 0) is 0 Å². The Hall–Kier alpha value is -2.02. The molecule has 0 amide bonds. The fourth-order valence-electron chi connectivity index (χ4n) is 2.17. The molecule has 0 bridgehead atoms. The van der Waals surface area contributed by atoms with Crippen LogP contribution < -0.4 is 20.5 Å². The maximum absolute atomic E-state index is 11.3. The van der Waals surface area contributed by atoms with Crippen molar-refractivity contribution in [2.75, 3.05) is 26.1 Å². The van der Waals surface area contributed by atoms with E-state index in [2.05, 4.69) is 5.32 Å². The zero-order valence-corrected chi connectivity index (χ0v) is 12.9. The predicted octanol–water partition coefficient (Wildman–Crippen LogP) is 2.54. The summed E-state index contributed by atoms with van der Waals surface area (Å²) in [5, 5.41) is 14.5. The molecule has 0 saturated carbocycles. The molecule has 3 N–H and O–H groups in total. The second kappa shape index (κ2) is 7.12. The number of hydrogen-bond acceptors (Lipinski definition) is 6. The van der Waals surface area contributed by atoms with Crippen molar-refractivity contribution in [2.45, 2.75) is 32.2 Å². The Labute approximate surface area is 124 Å². The summed E-state index contributed by atoms with van der Waals surface area (Å²) in [6.45, 7) is 4.37. The van der Waals surface area contributed by atoms with E-state index in [1.807, 2.05) is 13.8 Å². The smallest absolute Gasteiger partial charge is 0.296 e. The van der Waals surface area contributed by atoms with Crippen molar-refractivity contribution in [3.05, 3.63) is 22.2 Å². The van der Waals surface area contributed by atoms with Crippen molar-refractivity contribution in [2.24, 2.45) is 5.73 Å². The van der Waals surface area contributed by atoms with Crippen molar-refractivity contribution in [1.82, 2.24) is 0 Å². The number of anilines is 1. The van der Waals surface area contributed by atoms with E-state index in [1.165, 1.54) is 20.3 Å². The van der Waals surface area contributed by atoms with E-state index >= 15 is 0 Å². The maximum atomic E-state index is 11.3. The highest BCUT2D eigenvalue weighted by Gasteiger charge is 2.28. The van der Waals surface area contributed by atoms with E-state index in [1.54, 1.807) is 6.07 Å². The number of methoxy groups -OCH3 is 2. The molecule has 1 rings (SSSR count). The normalized spacial score (nSPS) is 11.1. The van der Waals surface area contributed by atoms with E-state index in [-0.39, 0.29) is 11.2 Å². The molecule has 21 heavy (non-hydrogen) atoms. The SMILES string of the molecule is CCC(CC)(CN)Nc1cc(OC)c(OC)cc1[N+](=O)[O-]. The molecule has 0 heterocycles. The van der Waals surface area contributed by atoms with E-state index in [9.17, 15) is 10.1 Å². The number of nitrogens with zero attached hydrogens (tertiary/aromatic N) is 1. The van der Waals surface area contributed by atoms with Gasteiger partial charge in [0.15, 0.2) is 11.5 Å². The van der Waals surface area contributed by atoms with E-state index in [4.69, 9.17) is 15.2 Å². The van der Waals surface area contributed by atoms with Gasteiger partial charge in [0, 0.05) is 18.2 Å². The molecule has 0 aliphatic carbocycles. The Bertz CT molecular complexity index is 493. The molecule has 118 valence electrons. The summed E-state index contributed by atoms with van der Waals surface area (Å²) in [5.74, 6) is 0.754. The van der Waals surface area contributed by atoms with Gasteiger partial charge in [0.05, 0.1) is 25.2 Å². The summed E-state index contributed by atoms with van der Waals surface area (Å²) in [5.41, 5.74) is 5.78. The van der Waals surface area contributed by atoms with Crippen molar-refractivity contribution in [3.8, 4) is 11.5 Å². The van der Waals surface area contributed by atoms with Gasteiger partial charge in [-0.25, -0.2) is 0 Å². The van der Waals surface area contributed by atoms with Crippen molar-refractivity contribution >= 4 is 11.4 Å². The highest BCUT2D eigenvalue weighted by atomic mass is 16.6. The first kappa shape index (κ1) is 17.0. The number of benzene rings is 1. The Morgan fingerprint density at radius 1 is 1.24 bits per heavy atom. The number of nitro benzene ring substituents is 1. The molecule has 0 unspecified atom stereocenters. The van der Waals surface area contributed by atoms with Gasteiger partial charge in [-0.15, -0.1) is 0 Å². The van der Waals surface area contributed by atoms with E-state index < -0.39 is 4.92 Å². The van der Waals surface area contributed by atoms with Crippen LogP contribution in [0.3, 0.4) is 0 Å². The molecule has 1 aromatic carbocycles. The minimum atomic E-state index is -0.448. The van der Waals surface area contributed by atoms with Crippen LogP contribution in [0, 0.1) is 10.1 Å². The number of nitrogens with two attached hydrogens (primary N) is 1. The molecule has 0 aliphatic rings. The second-order valence-corrected chi connectivity index (χ2v) is 4.80. The topological polar surface area (TPSA) is 99.7 Å². The minimum absolute atomic E-state index is 0.0626. The highest BCUT2D eigenvalue weighted by Crippen LogP contribution is 2.39. The summed E-state index contributed by atoms with van der Waals surface area (Å²) in [6, 6.07) is 2.93. The molecular weight excluding hydrogens is 274 g/mol. The third kappa shape index (κ3) is 3.55. The average Bonchev–Trinajstić information content (AvgIpc) is 2.51. The molecule has 0 fully saturated rings. The highest BCUT2D eigenvalue weighted by molar-refractivity contribution is 5.69. The lowest BCUT2D eigenvalue weighted by Gasteiger charge is -2.32. The zero-order chi connectivity index (χ0) is 16.0. The summed E-state index contributed by atoms with van der Waals surface area (Å²) >= 11 is 0. The van der Waals surface area contributed by atoms with E-state index in [0.717, 1.165) is 12.8 Å². The van der Waals surface area contributed by atoms with Gasteiger partial charge in [0.1, 0.15) is 5.69 Å². The second-order valence-electron chi connectivity index (χ2n) is 4.80. The van der Waals surface area contributed by atoms with Gasteiger partial charge in [-0.2, -0.15) is 0 Å². The van der Waals surface area contributed by atoms with Gasteiger partial charge in [-0.1, -0.05) is 13.8 Å². The molecule has 0 saturated heterocycles. The maximum Gasteiger partial charge on any atom is 0.296 e. The van der Waals surface area contributed by atoms with Crippen LogP contribution in [0.4, 0.5) is 11.4 Å². The number of hydrogen-bond donors (Lipinski definition) is 2. The number of nitrogens with one attached hydrogen (secondary N) is 1. The lowest BCUT2D eigenvalue weighted by molar-refractivity contribution is -0.384. The summed E-state index contributed by atoms with van der Waals surface area (Å²) in [7, 11) is 2.93. The fourth-order valence-corrected chi connectivity index (χ4v) is 2.17. The van der Waals surface area contributed by atoms with Gasteiger partial charge in [0.2, 0.25) is 0 Å². The van der Waals surface area contributed by atoms with Crippen molar-refractivity contribution < 1.29 is 14.4 Å². The predicted molar refractivity (Wildman–Crippen MR) is 82.2 cm³/mol. The Kier molecular flexibility index (Phi) is 5.78. The molecule has 0 radical (unpaired) electrons. The average molecular weight is 297 g/mol. The summed E-state index contributed by atoms with van der Waals surface area (Å²) in [4.78, 5) is 10.8. The zero-order valence-electron chi connectivity index (χ0n) is 12.9. The Morgan fingerprint density at radius 3 is 2.14 bits per heavy atom. The van der Waals surface area contributed by atoms with Gasteiger partial charge < -0.3 is 20.5 Å². The summed E-state index contributed by atoms with van der Waals surface area (Å²) in [6.07, 6.45) is 1.51. The molecule has 0 aliphatic heterocycles. The first-order chi connectivity index (χ1) is 9.96. The van der Waals surface area contributed by atoms with Gasteiger partial charge in [-0.3, -0.25) is 10.1 Å². The van der Waals surface area contributed by atoms with Crippen LogP contribution in [0.15, 0.2) is 12.1 Å². The largest absolute Gasteiger partial charge is 0.493 e. The van der Waals surface area contributed by atoms with Crippen LogP contribution in [0.25, 0.3) is 0 Å². The van der Waals surface area contributed by atoms with Gasteiger partial charge in [0.25, 0.3) is 5.69 Å². The first-order valence-electron chi connectivity index (χ1n) is 6.85. The lowest BCUT2D eigenvalue weighted by Crippen LogP contribution is -2.44. The molecule has 0 atom stereocenters. The number of ether oxygens (including phenoxy) is 2. The monoisotopic (exact) mass is 297 g/mol. The number of nitro groups is 1.